The van der Waals surface area contributed by atoms with Crippen molar-refractivity contribution in [2.45, 2.75) is 44.3 Å². The molecule has 1 amide bonds. The summed E-state index contributed by atoms with van der Waals surface area (Å²) in [4.78, 5) is 18.5. The number of carbonyl (C=O) groups is 1. The van der Waals surface area contributed by atoms with E-state index in [1.807, 2.05) is 0 Å². The molecule has 1 aromatic rings. The number of hydrogen-bond donors (Lipinski definition) is 0. The number of fused-ring (bicyclic) bond motifs is 3. The topological polar surface area (TPSA) is 51.7 Å². The highest BCUT2D eigenvalue weighted by Gasteiger charge is 2.63. The molecule has 5 unspecified atom stereocenters. The minimum atomic E-state index is -4.45. The third-order valence-corrected chi connectivity index (χ3v) is 5.00. The van der Waals surface area contributed by atoms with Crippen molar-refractivity contribution < 1.29 is 27.4 Å². The van der Waals surface area contributed by atoms with E-state index in [0.29, 0.717) is 18.5 Å². The molecule has 0 saturated carbocycles. The van der Waals surface area contributed by atoms with Crippen LogP contribution in [0, 0.1) is 11.8 Å². The number of halogens is 3. The molecule has 4 heterocycles. The van der Waals surface area contributed by atoms with Crippen LogP contribution in [0.4, 0.5) is 18.9 Å². The summed E-state index contributed by atoms with van der Waals surface area (Å²) in [5.74, 6) is -3.20. The largest absolute Gasteiger partial charge is 0.471 e. The molecule has 8 heteroatoms. The summed E-state index contributed by atoms with van der Waals surface area (Å²) >= 11 is 0. The van der Waals surface area contributed by atoms with Crippen LogP contribution in [-0.4, -0.2) is 41.9 Å². The summed E-state index contributed by atoms with van der Waals surface area (Å²) < 4.78 is 51.5. The molecule has 2 saturated heterocycles. The molecule has 0 radical (unpaired) electrons. The van der Waals surface area contributed by atoms with E-state index < -0.39 is 36.1 Å². The standard InChI is InChI=1S/C16H17F3N2O3/c1-8-7-21(9-3-2-6-20-14(9)23-8)15(22)12-10-4-5-11(24-10)13(12)16(17,18)19/h2-3,6,8,10-13H,4-5,7H2,1H3. The second-order valence-electron chi connectivity index (χ2n) is 6.59. The van der Waals surface area contributed by atoms with Gasteiger partial charge in [-0.1, -0.05) is 0 Å². The zero-order chi connectivity index (χ0) is 17.1. The monoisotopic (exact) mass is 342 g/mol. The van der Waals surface area contributed by atoms with Crippen LogP contribution >= 0.6 is 0 Å². The predicted octanol–water partition coefficient (Wildman–Crippen LogP) is 2.55. The van der Waals surface area contributed by atoms with E-state index in [1.54, 1.807) is 19.1 Å². The molecule has 0 aliphatic carbocycles. The second-order valence-corrected chi connectivity index (χ2v) is 6.59. The fourth-order valence-electron chi connectivity index (χ4n) is 4.06. The summed E-state index contributed by atoms with van der Waals surface area (Å²) in [5.41, 5.74) is 0.421. The first-order valence-electron chi connectivity index (χ1n) is 8.01. The summed E-state index contributed by atoms with van der Waals surface area (Å²) in [6.07, 6.45) is -3.97. The Kier molecular flexibility index (Phi) is 3.49. The third kappa shape index (κ3) is 2.35. The van der Waals surface area contributed by atoms with E-state index in [4.69, 9.17) is 9.47 Å². The average Bonchev–Trinajstić information content (AvgIpc) is 3.13. The van der Waals surface area contributed by atoms with Crippen molar-refractivity contribution in [2.24, 2.45) is 11.8 Å². The molecule has 24 heavy (non-hydrogen) atoms. The summed E-state index contributed by atoms with van der Waals surface area (Å²) in [6, 6.07) is 3.28. The van der Waals surface area contributed by atoms with E-state index in [2.05, 4.69) is 4.98 Å². The summed E-state index contributed by atoms with van der Waals surface area (Å²) in [5, 5.41) is 0. The Bertz CT molecular complexity index is 666. The second kappa shape index (κ2) is 5.34. The summed E-state index contributed by atoms with van der Waals surface area (Å²) in [7, 11) is 0. The Hall–Kier alpha value is -1.83. The number of ether oxygens (including phenoxy) is 2. The van der Waals surface area contributed by atoms with E-state index in [1.165, 1.54) is 11.1 Å². The average molecular weight is 342 g/mol. The molecule has 2 bridgehead atoms. The highest BCUT2D eigenvalue weighted by atomic mass is 19.4. The van der Waals surface area contributed by atoms with Crippen LogP contribution < -0.4 is 9.64 Å². The lowest BCUT2D eigenvalue weighted by Crippen LogP contribution is -2.51. The highest BCUT2D eigenvalue weighted by molar-refractivity contribution is 5.97. The Morgan fingerprint density at radius 1 is 1.33 bits per heavy atom. The molecule has 4 rings (SSSR count). The third-order valence-electron chi connectivity index (χ3n) is 5.00. The van der Waals surface area contributed by atoms with Crippen LogP contribution in [0.25, 0.3) is 0 Å². The molecule has 0 spiro atoms. The number of rotatable bonds is 1. The Balaban J connectivity index is 1.68. The van der Waals surface area contributed by atoms with Crippen molar-refractivity contribution in [2.75, 3.05) is 11.4 Å². The van der Waals surface area contributed by atoms with Gasteiger partial charge in [0.1, 0.15) is 11.8 Å². The molecule has 5 atom stereocenters. The predicted molar refractivity (Wildman–Crippen MR) is 77.6 cm³/mol. The Labute approximate surface area is 136 Å². The van der Waals surface area contributed by atoms with Gasteiger partial charge in [0.05, 0.1) is 30.6 Å². The minimum absolute atomic E-state index is 0.204. The lowest BCUT2D eigenvalue weighted by atomic mass is 9.78. The molecule has 1 aromatic heterocycles. The zero-order valence-corrected chi connectivity index (χ0v) is 13.0. The maximum atomic E-state index is 13.5. The molecule has 3 aliphatic heterocycles. The van der Waals surface area contributed by atoms with Crippen molar-refractivity contribution in [1.82, 2.24) is 4.98 Å². The highest BCUT2D eigenvalue weighted by Crippen LogP contribution is 2.51. The quantitative estimate of drug-likeness (QED) is 0.787. The summed E-state index contributed by atoms with van der Waals surface area (Å²) in [6.45, 7) is 1.96. The van der Waals surface area contributed by atoms with Gasteiger partial charge in [0.2, 0.25) is 11.8 Å². The first kappa shape index (κ1) is 15.7. The van der Waals surface area contributed by atoms with Crippen molar-refractivity contribution >= 4 is 11.6 Å². The molecule has 0 N–H and O–H groups in total. The molecular formula is C16H17F3N2O3. The first-order valence-corrected chi connectivity index (χ1v) is 8.01. The van der Waals surface area contributed by atoms with Gasteiger partial charge in [0.25, 0.3) is 0 Å². The molecule has 2 fully saturated rings. The van der Waals surface area contributed by atoms with Crippen molar-refractivity contribution in [3.8, 4) is 5.88 Å². The van der Waals surface area contributed by atoms with Crippen LogP contribution in [-0.2, 0) is 9.53 Å². The number of alkyl halides is 3. The number of anilines is 1. The fraction of sp³-hybridized carbons (Fsp3) is 0.625. The van der Waals surface area contributed by atoms with Gasteiger partial charge >= 0.3 is 6.18 Å². The van der Waals surface area contributed by atoms with E-state index in [0.717, 1.165) is 0 Å². The molecule has 3 aliphatic rings. The molecule has 0 aromatic carbocycles. The molecule has 130 valence electrons. The van der Waals surface area contributed by atoms with E-state index in [-0.39, 0.29) is 18.5 Å². The fourth-order valence-corrected chi connectivity index (χ4v) is 4.06. The number of amides is 1. The SMILES string of the molecule is CC1CN(C(=O)C2C3CCC(O3)C2C(F)(F)F)c2cccnc2O1. The maximum Gasteiger partial charge on any atom is 0.395 e. The van der Waals surface area contributed by atoms with Gasteiger partial charge < -0.3 is 14.4 Å². The molecule has 5 nitrogen and oxygen atoms in total. The minimum Gasteiger partial charge on any atom is -0.471 e. The van der Waals surface area contributed by atoms with Crippen molar-refractivity contribution in [1.29, 1.82) is 0 Å². The molecular weight excluding hydrogens is 325 g/mol. The van der Waals surface area contributed by atoms with Gasteiger partial charge in [0, 0.05) is 6.20 Å². The van der Waals surface area contributed by atoms with Crippen LogP contribution in [0.3, 0.4) is 0 Å². The normalized spacial score (nSPS) is 34.8. The Morgan fingerprint density at radius 3 is 2.83 bits per heavy atom. The van der Waals surface area contributed by atoms with Crippen LogP contribution in [0.5, 0.6) is 5.88 Å². The van der Waals surface area contributed by atoms with E-state index in [9.17, 15) is 18.0 Å². The number of aromatic nitrogens is 1. The lowest BCUT2D eigenvalue weighted by Gasteiger charge is -2.37. The lowest BCUT2D eigenvalue weighted by molar-refractivity contribution is -0.197. The van der Waals surface area contributed by atoms with Crippen molar-refractivity contribution in [3.63, 3.8) is 0 Å². The number of pyridine rings is 1. The van der Waals surface area contributed by atoms with Crippen LogP contribution in [0.15, 0.2) is 18.3 Å². The van der Waals surface area contributed by atoms with Gasteiger partial charge in [-0.15, -0.1) is 0 Å². The zero-order valence-electron chi connectivity index (χ0n) is 13.0. The number of nitrogens with zero attached hydrogens (tertiary/aromatic N) is 2. The smallest absolute Gasteiger partial charge is 0.395 e. The van der Waals surface area contributed by atoms with Crippen LogP contribution in [0.1, 0.15) is 19.8 Å². The first-order chi connectivity index (χ1) is 11.4. The van der Waals surface area contributed by atoms with Gasteiger partial charge in [-0.2, -0.15) is 13.2 Å². The van der Waals surface area contributed by atoms with Crippen LogP contribution in [0.2, 0.25) is 0 Å². The van der Waals surface area contributed by atoms with Gasteiger partial charge in [-0.25, -0.2) is 4.98 Å². The Morgan fingerprint density at radius 2 is 2.08 bits per heavy atom. The van der Waals surface area contributed by atoms with Gasteiger partial charge in [0.15, 0.2) is 0 Å². The maximum absolute atomic E-state index is 13.5. The van der Waals surface area contributed by atoms with Crippen molar-refractivity contribution in [3.05, 3.63) is 18.3 Å². The number of carbonyl (C=O) groups excluding carboxylic acids is 1. The van der Waals surface area contributed by atoms with Gasteiger partial charge in [-0.05, 0) is 31.9 Å². The number of hydrogen-bond acceptors (Lipinski definition) is 4. The van der Waals surface area contributed by atoms with Gasteiger partial charge in [-0.3, -0.25) is 4.79 Å². The van der Waals surface area contributed by atoms with E-state index >= 15 is 0 Å².